The lowest BCUT2D eigenvalue weighted by atomic mass is 9.86. The van der Waals surface area contributed by atoms with E-state index in [2.05, 4.69) is 15.7 Å². The van der Waals surface area contributed by atoms with Crippen LogP contribution in [0.2, 0.25) is 0 Å². The van der Waals surface area contributed by atoms with Crippen molar-refractivity contribution in [3.05, 3.63) is 65.6 Å². The lowest BCUT2D eigenvalue weighted by Gasteiger charge is -2.30. The van der Waals surface area contributed by atoms with Gasteiger partial charge in [-0.25, -0.2) is 4.39 Å². The highest BCUT2D eigenvalue weighted by atomic mass is 19.1. The summed E-state index contributed by atoms with van der Waals surface area (Å²) in [4.78, 5) is 26.0. The summed E-state index contributed by atoms with van der Waals surface area (Å²) in [5.41, 5.74) is 1.10. The predicted molar refractivity (Wildman–Crippen MR) is 122 cm³/mol. The molecular formula is C24H29FN4O4. The van der Waals surface area contributed by atoms with Crippen molar-refractivity contribution in [3.63, 3.8) is 0 Å². The van der Waals surface area contributed by atoms with E-state index < -0.39 is 36.0 Å². The van der Waals surface area contributed by atoms with E-state index in [1.165, 1.54) is 12.1 Å². The highest BCUT2D eigenvalue weighted by Gasteiger charge is 2.34. The van der Waals surface area contributed by atoms with Crippen LogP contribution in [0.3, 0.4) is 0 Å². The molecule has 176 valence electrons. The number of halogens is 1. The first-order valence-corrected chi connectivity index (χ1v) is 10.7. The number of hydrogen-bond acceptors (Lipinski definition) is 5. The third kappa shape index (κ3) is 5.94. The number of aromatic nitrogens is 2. The molecule has 1 aromatic heterocycles. The van der Waals surface area contributed by atoms with Crippen molar-refractivity contribution in [2.45, 2.75) is 39.5 Å². The molecule has 0 saturated carbocycles. The lowest BCUT2D eigenvalue weighted by molar-refractivity contribution is -0.125. The van der Waals surface area contributed by atoms with Crippen molar-refractivity contribution >= 4 is 22.7 Å². The van der Waals surface area contributed by atoms with Crippen LogP contribution in [0.4, 0.5) is 4.39 Å². The first-order chi connectivity index (χ1) is 15.6. The van der Waals surface area contributed by atoms with Crippen LogP contribution >= 0.6 is 0 Å². The number of carbonyl (C=O) groups is 2. The van der Waals surface area contributed by atoms with E-state index in [9.17, 15) is 19.1 Å². The minimum absolute atomic E-state index is 0.132. The molecular weight excluding hydrogens is 427 g/mol. The van der Waals surface area contributed by atoms with E-state index in [1.807, 2.05) is 32.9 Å². The van der Waals surface area contributed by atoms with Crippen LogP contribution < -0.4 is 10.6 Å². The lowest BCUT2D eigenvalue weighted by Crippen LogP contribution is -2.54. The van der Waals surface area contributed by atoms with Gasteiger partial charge < -0.3 is 20.8 Å². The number of amides is 2. The zero-order chi connectivity index (χ0) is 24.2. The molecule has 0 aliphatic carbocycles. The number of aliphatic hydroxyl groups is 2. The van der Waals surface area contributed by atoms with Crippen molar-refractivity contribution in [1.29, 1.82) is 0 Å². The maximum absolute atomic E-state index is 13.3. The number of aliphatic hydroxyl groups excluding tert-OH is 2. The topological polar surface area (TPSA) is 116 Å². The molecule has 3 rings (SSSR count). The van der Waals surface area contributed by atoms with Gasteiger partial charge in [0.15, 0.2) is 5.69 Å². The summed E-state index contributed by atoms with van der Waals surface area (Å²) in [5, 5.41) is 28.9. The van der Waals surface area contributed by atoms with Crippen molar-refractivity contribution < 1.29 is 24.2 Å². The van der Waals surface area contributed by atoms with Crippen LogP contribution in [-0.4, -0.2) is 57.1 Å². The Morgan fingerprint density at radius 3 is 2.42 bits per heavy atom. The number of fused-ring (bicyclic) bond motifs is 1. The molecule has 0 spiro atoms. The van der Waals surface area contributed by atoms with Gasteiger partial charge in [0.2, 0.25) is 5.91 Å². The molecule has 2 amide bonds. The number of para-hydroxylation sites is 1. The smallest absolute Gasteiger partial charge is 0.273 e. The molecule has 1 heterocycles. The molecule has 0 fully saturated rings. The van der Waals surface area contributed by atoms with Crippen LogP contribution in [0.15, 0.2) is 48.5 Å². The Bertz CT molecular complexity index is 1120. The van der Waals surface area contributed by atoms with Gasteiger partial charge in [0.1, 0.15) is 11.9 Å². The Morgan fingerprint density at radius 1 is 1.12 bits per heavy atom. The second-order valence-corrected chi connectivity index (χ2v) is 9.00. The van der Waals surface area contributed by atoms with Gasteiger partial charge in [-0.3, -0.25) is 14.3 Å². The van der Waals surface area contributed by atoms with E-state index in [4.69, 9.17) is 5.11 Å². The molecule has 0 aliphatic rings. The summed E-state index contributed by atoms with van der Waals surface area (Å²) < 4.78 is 14.9. The molecule has 0 saturated heterocycles. The second-order valence-electron chi connectivity index (χ2n) is 9.00. The van der Waals surface area contributed by atoms with Crippen LogP contribution in [0.1, 0.15) is 36.8 Å². The summed E-state index contributed by atoms with van der Waals surface area (Å²) in [7, 11) is 0. The quantitative estimate of drug-likeness (QED) is 0.413. The Balaban J connectivity index is 1.87. The van der Waals surface area contributed by atoms with Gasteiger partial charge in [0, 0.05) is 11.9 Å². The number of carbonyl (C=O) groups excluding carboxylic acids is 2. The number of benzene rings is 2. The number of hydrogen-bond donors (Lipinski definition) is 4. The van der Waals surface area contributed by atoms with Crippen molar-refractivity contribution in [2.75, 3.05) is 13.2 Å². The van der Waals surface area contributed by atoms with Crippen LogP contribution in [0.25, 0.3) is 10.9 Å². The van der Waals surface area contributed by atoms with E-state index in [0.29, 0.717) is 11.9 Å². The summed E-state index contributed by atoms with van der Waals surface area (Å²) in [6, 6.07) is 12.4. The Morgan fingerprint density at radius 2 is 1.79 bits per heavy atom. The fourth-order valence-corrected chi connectivity index (χ4v) is 3.44. The van der Waals surface area contributed by atoms with Crippen molar-refractivity contribution in [1.82, 2.24) is 20.4 Å². The Labute approximate surface area is 191 Å². The fourth-order valence-electron chi connectivity index (χ4n) is 3.44. The Hall–Kier alpha value is -3.30. The number of nitrogens with zero attached hydrogens (tertiary/aromatic N) is 2. The predicted octanol–water partition coefficient (Wildman–Crippen LogP) is 1.84. The summed E-state index contributed by atoms with van der Waals surface area (Å²) in [5.74, 6) is -1.32. The third-order valence-electron chi connectivity index (χ3n) is 5.24. The van der Waals surface area contributed by atoms with Gasteiger partial charge in [-0.2, -0.15) is 5.10 Å². The normalized spacial score (nSPS) is 13.5. The molecule has 0 unspecified atom stereocenters. The van der Waals surface area contributed by atoms with E-state index in [0.717, 1.165) is 11.1 Å². The minimum atomic E-state index is -1.09. The van der Waals surface area contributed by atoms with Gasteiger partial charge in [0.25, 0.3) is 5.91 Å². The highest BCUT2D eigenvalue weighted by molar-refractivity contribution is 6.06. The molecule has 0 radical (unpaired) electrons. The average Bonchev–Trinajstić information content (AvgIpc) is 3.14. The first-order valence-electron chi connectivity index (χ1n) is 10.7. The van der Waals surface area contributed by atoms with Crippen LogP contribution in [0.5, 0.6) is 0 Å². The van der Waals surface area contributed by atoms with Crippen LogP contribution in [-0.2, 0) is 11.3 Å². The Kier molecular flexibility index (Phi) is 7.45. The number of rotatable bonds is 8. The molecule has 4 N–H and O–H groups in total. The van der Waals surface area contributed by atoms with Crippen molar-refractivity contribution in [3.8, 4) is 0 Å². The fraction of sp³-hybridized carbons (Fsp3) is 0.375. The highest BCUT2D eigenvalue weighted by Crippen LogP contribution is 2.23. The summed E-state index contributed by atoms with van der Waals surface area (Å²) in [6.45, 7) is 5.16. The maximum atomic E-state index is 13.3. The molecule has 2 aromatic carbocycles. The molecule has 33 heavy (non-hydrogen) atoms. The summed E-state index contributed by atoms with van der Waals surface area (Å²) in [6.07, 6.45) is -1.09. The molecule has 2 atom stereocenters. The van der Waals surface area contributed by atoms with Gasteiger partial charge >= 0.3 is 0 Å². The second kappa shape index (κ2) is 10.1. The summed E-state index contributed by atoms with van der Waals surface area (Å²) >= 11 is 0. The standard InChI is InChI=1S/C24H29FN4O4/c1-24(2,3)21(23(33)26-12-17(31)14-30)27-22(32)20-18-6-4-5-7-19(18)29(28-20)13-15-8-10-16(25)11-9-15/h4-11,17,21,30-31H,12-14H2,1-3H3,(H,26,33)(H,27,32)/t17-,21+/m0/s1. The zero-order valence-corrected chi connectivity index (χ0v) is 18.9. The first kappa shape index (κ1) is 24.3. The van der Waals surface area contributed by atoms with Crippen LogP contribution in [0, 0.1) is 11.2 Å². The van der Waals surface area contributed by atoms with E-state index in [1.54, 1.807) is 28.9 Å². The van der Waals surface area contributed by atoms with Gasteiger partial charge in [0.05, 0.1) is 24.8 Å². The zero-order valence-electron chi connectivity index (χ0n) is 18.9. The van der Waals surface area contributed by atoms with Gasteiger partial charge in [-0.1, -0.05) is 51.1 Å². The molecule has 9 heteroatoms. The molecule has 8 nitrogen and oxygen atoms in total. The molecule has 0 aliphatic heterocycles. The maximum Gasteiger partial charge on any atom is 0.273 e. The third-order valence-corrected chi connectivity index (χ3v) is 5.24. The monoisotopic (exact) mass is 456 g/mol. The largest absolute Gasteiger partial charge is 0.394 e. The molecule has 3 aromatic rings. The average molecular weight is 457 g/mol. The number of nitrogens with one attached hydrogen (secondary N) is 2. The SMILES string of the molecule is CC(C)(C)[C@H](NC(=O)c1nn(Cc2ccc(F)cc2)c2ccccc12)C(=O)NC[C@H](O)CO. The van der Waals surface area contributed by atoms with Gasteiger partial charge in [-0.05, 0) is 29.2 Å². The molecule has 0 bridgehead atoms. The van der Waals surface area contributed by atoms with Crippen molar-refractivity contribution in [2.24, 2.45) is 5.41 Å². The van der Waals surface area contributed by atoms with Gasteiger partial charge in [-0.15, -0.1) is 0 Å². The van der Waals surface area contributed by atoms with E-state index >= 15 is 0 Å². The van der Waals surface area contributed by atoms with E-state index in [-0.39, 0.29) is 18.1 Å². The minimum Gasteiger partial charge on any atom is -0.394 e.